The Morgan fingerprint density at radius 2 is 1.95 bits per heavy atom. The van der Waals surface area contributed by atoms with Crippen molar-refractivity contribution in [3.63, 3.8) is 0 Å². The lowest BCUT2D eigenvalue weighted by atomic mass is 9.97. The predicted octanol–water partition coefficient (Wildman–Crippen LogP) is 3.44. The standard InChI is InChI=1S/C14H17N3S.2ClH/c1-2-6-16-12(3-1)9-14-17-10-13(18-14)11-4-7-15-8-5-11;;/h1-3,6,10-11,15H,4-5,7-9H2;2*1H. The van der Waals surface area contributed by atoms with E-state index in [4.69, 9.17) is 0 Å². The van der Waals surface area contributed by atoms with E-state index in [1.165, 1.54) is 22.7 Å². The van der Waals surface area contributed by atoms with Crippen molar-refractivity contribution < 1.29 is 0 Å². The van der Waals surface area contributed by atoms with Crippen molar-refractivity contribution in [1.82, 2.24) is 15.3 Å². The van der Waals surface area contributed by atoms with Gasteiger partial charge in [-0.05, 0) is 44.0 Å². The molecule has 6 heteroatoms. The molecular formula is C14H19Cl2N3S. The first kappa shape index (κ1) is 17.4. The molecule has 0 saturated carbocycles. The Morgan fingerprint density at radius 1 is 1.15 bits per heavy atom. The molecule has 1 saturated heterocycles. The fraction of sp³-hybridized carbons (Fsp3) is 0.429. The SMILES string of the molecule is Cl.Cl.c1ccc(Cc2ncc(C3CCNCC3)s2)nc1. The van der Waals surface area contributed by atoms with Gasteiger partial charge in [-0.15, -0.1) is 36.2 Å². The van der Waals surface area contributed by atoms with E-state index in [0.29, 0.717) is 5.92 Å². The van der Waals surface area contributed by atoms with Crippen molar-refractivity contribution in [3.05, 3.63) is 46.2 Å². The summed E-state index contributed by atoms with van der Waals surface area (Å²) in [5, 5.41) is 4.59. The van der Waals surface area contributed by atoms with E-state index in [1.807, 2.05) is 29.7 Å². The fourth-order valence-corrected chi connectivity index (χ4v) is 3.46. The molecule has 20 heavy (non-hydrogen) atoms. The predicted molar refractivity (Wildman–Crippen MR) is 88.5 cm³/mol. The van der Waals surface area contributed by atoms with Crippen LogP contribution in [0.3, 0.4) is 0 Å². The van der Waals surface area contributed by atoms with Gasteiger partial charge in [0.1, 0.15) is 0 Å². The number of pyridine rings is 1. The van der Waals surface area contributed by atoms with Gasteiger partial charge in [0.05, 0.1) is 5.01 Å². The monoisotopic (exact) mass is 331 g/mol. The summed E-state index contributed by atoms with van der Waals surface area (Å²) in [6.07, 6.45) is 7.25. The van der Waals surface area contributed by atoms with Crippen molar-refractivity contribution in [2.75, 3.05) is 13.1 Å². The maximum Gasteiger partial charge on any atom is 0.0987 e. The minimum atomic E-state index is 0. The molecule has 3 rings (SSSR count). The van der Waals surface area contributed by atoms with E-state index in [0.717, 1.165) is 25.2 Å². The molecule has 2 aromatic rings. The normalized spacial score (nSPS) is 15.2. The molecule has 3 heterocycles. The van der Waals surface area contributed by atoms with Crippen LogP contribution in [0.4, 0.5) is 0 Å². The van der Waals surface area contributed by atoms with Crippen LogP contribution in [0.2, 0.25) is 0 Å². The van der Waals surface area contributed by atoms with Crippen molar-refractivity contribution in [3.8, 4) is 0 Å². The third-order valence-corrected chi connectivity index (χ3v) is 4.53. The number of halogens is 2. The second-order valence-corrected chi connectivity index (χ2v) is 5.83. The van der Waals surface area contributed by atoms with Gasteiger partial charge < -0.3 is 5.32 Å². The van der Waals surface area contributed by atoms with Crippen LogP contribution in [0.15, 0.2) is 30.6 Å². The lowest BCUT2D eigenvalue weighted by Gasteiger charge is -2.20. The highest BCUT2D eigenvalue weighted by Gasteiger charge is 2.17. The van der Waals surface area contributed by atoms with E-state index in [2.05, 4.69) is 27.5 Å². The molecule has 1 N–H and O–H groups in total. The Hall–Kier alpha value is -0.680. The molecule has 1 aliphatic rings. The Bertz CT molecular complexity index is 498. The second kappa shape index (κ2) is 8.57. The highest BCUT2D eigenvalue weighted by Crippen LogP contribution is 2.30. The highest BCUT2D eigenvalue weighted by atomic mass is 35.5. The molecule has 0 aromatic carbocycles. The van der Waals surface area contributed by atoms with Gasteiger partial charge in [0, 0.05) is 29.4 Å². The van der Waals surface area contributed by atoms with Crippen LogP contribution in [0.25, 0.3) is 0 Å². The zero-order valence-corrected chi connectivity index (χ0v) is 13.6. The van der Waals surface area contributed by atoms with Gasteiger partial charge in [-0.1, -0.05) is 6.07 Å². The maximum absolute atomic E-state index is 4.54. The molecule has 0 bridgehead atoms. The van der Waals surface area contributed by atoms with Gasteiger partial charge in [0.25, 0.3) is 0 Å². The Kier molecular flexibility index (Phi) is 7.45. The third kappa shape index (κ3) is 4.42. The van der Waals surface area contributed by atoms with E-state index >= 15 is 0 Å². The number of piperidine rings is 1. The number of thiazole rings is 1. The minimum absolute atomic E-state index is 0. The molecular weight excluding hydrogens is 313 g/mol. The number of hydrogen-bond acceptors (Lipinski definition) is 4. The summed E-state index contributed by atoms with van der Waals surface area (Å²) in [4.78, 5) is 10.3. The number of aromatic nitrogens is 2. The average Bonchev–Trinajstić information content (AvgIpc) is 2.89. The van der Waals surface area contributed by atoms with Crippen molar-refractivity contribution >= 4 is 36.2 Å². The van der Waals surface area contributed by atoms with Crippen LogP contribution >= 0.6 is 36.2 Å². The minimum Gasteiger partial charge on any atom is -0.317 e. The molecule has 0 spiro atoms. The summed E-state index contributed by atoms with van der Waals surface area (Å²) in [5.41, 5.74) is 1.10. The molecule has 2 aromatic heterocycles. The van der Waals surface area contributed by atoms with Crippen LogP contribution in [0.5, 0.6) is 0 Å². The largest absolute Gasteiger partial charge is 0.317 e. The first-order chi connectivity index (χ1) is 8.92. The molecule has 0 amide bonds. The van der Waals surface area contributed by atoms with Crippen LogP contribution in [-0.4, -0.2) is 23.1 Å². The van der Waals surface area contributed by atoms with Crippen molar-refractivity contribution in [2.45, 2.75) is 25.2 Å². The van der Waals surface area contributed by atoms with Gasteiger partial charge >= 0.3 is 0 Å². The average molecular weight is 332 g/mol. The van der Waals surface area contributed by atoms with Crippen molar-refractivity contribution in [2.24, 2.45) is 0 Å². The highest BCUT2D eigenvalue weighted by molar-refractivity contribution is 7.11. The van der Waals surface area contributed by atoms with Gasteiger partial charge in [-0.2, -0.15) is 0 Å². The summed E-state index contributed by atoms with van der Waals surface area (Å²) >= 11 is 1.86. The quantitative estimate of drug-likeness (QED) is 0.936. The zero-order chi connectivity index (χ0) is 12.2. The second-order valence-electron chi connectivity index (χ2n) is 4.68. The molecule has 0 radical (unpaired) electrons. The molecule has 0 atom stereocenters. The van der Waals surface area contributed by atoms with Crippen LogP contribution in [0, 0.1) is 0 Å². The fourth-order valence-electron chi connectivity index (χ4n) is 2.36. The summed E-state index contributed by atoms with van der Waals surface area (Å²) < 4.78 is 0. The Labute approximate surface area is 136 Å². The molecule has 1 fully saturated rings. The summed E-state index contributed by atoms with van der Waals surface area (Å²) in [6.45, 7) is 2.27. The number of hydrogen-bond donors (Lipinski definition) is 1. The van der Waals surface area contributed by atoms with Gasteiger partial charge in [-0.25, -0.2) is 4.98 Å². The number of rotatable bonds is 3. The lowest BCUT2D eigenvalue weighted by Crippen LogP contribution is -2.26. The van der Waals surface area contributed by atoms with Gasteiger partial charge in [0.15, 0.2) is 0 Å². The smallest absolute Gasteiger partial charge is 0.0987 e. The summed E-state index contributed by atoms with van der Waals surface area (Å²) in [7, 11) is 0. The Balaban J connectivity index is 0.000001000. The van der Waals surface area contributed by atoms with E-state index in [9.17, 15) is 0 Å². The first-order valence-electron chi connectivity index (χ1n) is 6.47. The van der Waals surface area contributed by atoms with Crippen LogP contribution < -0.4 is 5.32 Å². The molecule has 1 aliphatic heterocycles. The topological polar surface area (TPSA) is 37.8 Å². The maximum atomic E-state index is 4.54. The first-order valence-corrected chi connectivity index (χ1v) is 7.29. The van der Waals surface area contributed by atoms with Crippen LogP contribution in [-0.2, 0) is 6.42 Å². The molecule has 3 nitrogen and oxygen atoms in total. The van der Waals surface area contributed by atoms with Crippen LogP contribution in [0.1, 0.15) is 34.3 Å². The van der Waals surface area contributed by atoms with E-state index in [-0.39, 0.29) is 24.8 Å². The summed E-state index contributed by atoms with van der Waals surface area (Å²) in [6, 6.07) is 6.04. The van der Waals surface area contributed by atoms with Gasteiger partial charge in [-0.3, -0.25) is 4.98 Å². The van der Waals surface area contributed by atoms with Gasteiger partial charge in [0.2, 0.25) is 0 Å². The Morgan fingerprint density at radius 3 is 2.65 bits per heavy atom. The molecule has 0 aliphatic carbocycles. The van der Waals surface area contributed by atoms with E-state index < -0.39 is 0 Å². The number of nitrogens with zero attached hydrogens (tertiary/aromatic N) is 2. The molecule has 0 unspecified atom stereocenters. The van der Waals surface area contributed by atoms with Crippen molar-refractivity contribution in [1.29, 1.82) is 0 Å². The summed E-state index contributed by atoms with van der Waals surface area (Å²) in [5.74, 6) is 0.709. The van der Waals surface area contributed by atoms with E-state index in [1.54, 1.807) is 0 Å². The zero-order valence-electron chi connectivity index (χ0n) is 11.1. The third-order valence-electron chi connectivity index (χ3n) is 3.37. The molecule has 110 valence electrons. The lowest BCUT2D eigenvalue weighted by molar-refractivity contribution is 0.465. The number of nitrogens with one attached hydrogen (secondary N) is 1.